The van der Waals surface area contributed by atoms with E-state index < -0.39 is 12.1 Å². The predicted octanol–water partition coefficient (Wildman–Crippen LogP) is 3.90. The van der Waals surface area contributed by atoms with Crippen molar-refractivity contribution in [2.45, 2.75) is 25.9 Å². The molecule has 3 rings (SSSR count). The van der Waals surface area contributed by atoms with E-state index in [1.165, 1.54) is 6.07 Å². The van der Waals surface area contributed by atoms with Crippen LogP contribution in [0.3, 0.4) is 0 Å². The van der Waals surface area contributed by atoms with Gasteiger partial charge in [0.05, 0.1) is 17.9 Å². The molecule has 0 amide bonds. The van der Waals surface area contributed by atoms with Crippen molar-refractivity contribution in [2.24, 2.45) is 0 Å². The molecular formula is C20H18ClNO4. The molecule has 1 aliphatic carbocycles. The fraction of sp³-hybridized carbons (Fsp3) is 0.250. The third-order valence-corrected chi connectivity index (χ3v) is 4.50. The Balaban J connectivity index is 2.12. The number of esters is 1. The first-order chi connectivity index (χ1) is 12.5. The number of hydrogen-bond acceptors (Lipinski definition) is 5. The highest BCUT2D eigenvalue weighted by Gasteiger charge is 2.28. The number of hydrogen-bond donors (Lipinski definition) is 1. The minimum atomic E-state index is -1.22. The van der Waals surface area contributed by atoms with Crippen molar-refractivity contribution in [3.8, 4) is 11.3 Å². The van der Waals surface area contributed by atoms with Crippen LogP contribution in [0.15, 0.2) is 48.0 Å². The van der Waals surface area contributed by atoms with E-state index in [-0.39, 0.29) is 34.2 Å². The van der Waals surface area contributed by atoms with Gasteiger partial charge in [-0.25, -0.2) is 9.78 Å². The summed E-state index contributed by atoms with van der Waals surface area (Å²) in [5.74, 6) is -0.686. The van der Waals surface area contributed by atoms with Crippen molar-refractivity contribution in [1.29, 1.82) is 0 Å². The molecule has 1 unspecified atom stereocenters. The molecule has 134 valence electrons. The zero-order chi connectivity index (χ0) is 18.7. The third-order valence-electron chi connectivity index (χ3n) is 4.19. The zero-order valence-corrected chi connectivity index (χ0v) is 15.0. The minimum absolute atomic E-state index is 0.0463. The molecule has 1 atom stereocenters. The minimum Gasteiger partial charge on any atom is -0.462 e. The summed E-state index contributed by atoms with van der Waals surface area (Å²) < 4.78 is 5.13. The fourth-order valence-corrected chi connectivity index (χ4v) is 3.17. The quantitative estimate of drug-likeness (QED) is 0.637. The van der Waals surface area contributed by atoms with Gasteiger partial charge in [0.1, 0.15) is 11.3 Å². The molecule has 2 aromatic rings. The summed E-state index contributed by atoms with van der Waals surface area (Å²) in [7, 11) is 0. The third kappa shape index (κ3) is 3.54. The van der Waals surface area contributed by atoms with Gasteiger partial charge in [-0.3, -0.25) is 4.79 Å². The number of ketones is 1. The lowest BCUT2D eigenvalue weighted by molar-refractivity contribution is -0.115. The van der Waals surface area contributed by atoms with E-state index in [4.69, 9.17) is 16.3 Å². The number of aliphatic hydroxyl groups is 1. The van der Waals surface area contributed by atoms with Gasteiger partial charge in [-0.05, 0) is 19.4 Å². The van der Waals surface area contributed by atoms with E-state index in [9.17, 15) is 14.7 Å². The van der Waals surface area contributed by atoms with Gasteiger partial charge in [-0.15, -0.1) is 0 Å². The Morgan fingerprint density at radius 2 is 2.08 bits per heavy atom. The van der Waals surface area contributed by atoms with Gasteiger partial charge in [0.2, 0.25) is 0 Å². The normalized spacial score (nSPS) is 14.9. The monoisotopic (exact) mass is 371 g/mol. The number of rotatable bonds is 5. The van der Waals surface area contributed by atoms with Gasteiger partial charge in [0.25, 0.3) is 0 Å². The van der Waals surface area contributed by atoms with Crippen LogP contribution in [-0.2, 0) is 9.53 Å². The highest BCUT2D eigenvalue weighted by Crippen LogP contribution is 2.35. The number of aromatic nitrogens is 1. The summed E-state index contributed by atoms with van der Waals surface area (Å²) in [4.78, 5) is 28.7. The molecule has 1 aromatic carbocycles. The lowest BCUT2D eigenvalue weighted by atomic mass is 9.98. The maximum absolute atomic E-state index is 12.4. The van der Waals surface area contributed by atoms with Crippen molar-refractivity contribution >= 4 is 23.4 Å². The molecule has 0 saturated carbocycles. The van der Waals surface area contributed by atoms with E-state index in [1.807, 2.05) is 18.2 Å². The van der Waals surface area contributed by atoms with Crippen LogP contribution < -0.4 is 0 Å². The number of halogens is 1. The Morgan fingerprint density at radius 1 is 1.35 bits per heavy atom. The lowest BCUT2D eigenvalue weighted by Gasteiger charge is -2.16. The molecule has 5 nitrogen and oxygen atoms in total. The molecule has 0 saturated heterocycles. The molecule has 0 spiro atoms. The van der Waals surface area contributed by atoms with Crippen molar-refractivity contribution in [3.63, 3.8) is 0 Å². The predicted molar refractivity (Wildman–Crippen MR) is 97.9 cm³/mol. The maximum atomic E-state index is 12.4. The highest BCUT2D eigenvalue weighted by molar-refractivity contribution is 6.30. The number of Topliss-reactive ketones (excluding diaryl/α,β-unsaturated/α-hetero) is 1. The van der Waals surface area contributed by atoms with Crippen LogP contribution in [0.5, 0.6) is 0 Å². The Kier molecular flexibility index (Phi) is 5.49. The summed E-state index contributed by atoms with van der Waals surface area (Å²) in [5.41, 5.74) is 1.78. The van der Waals surface area contributed by atoms with E-state index in [0.29, 0.717) is 24.1 Å². The Bertz CT molecular complexity index is 877. The average molecular weight is 372 g/mol. The molecule has 0 radical (unpaired) electrons. The van der Waals surface area contributed by atoms with Gasteiger partial charge in [-0.2, -0.15) is 0 Å². The summed E-state index contributed by atoms with van der Waals surface area (Å²) >= 11 is 6.29. The average Bonchev–Trinajstić information content (AvgIpc) is 3.07. The van der Waals surface area contributed by atoms with Crippen LogP contribution in [0.1, 0.15) is 41.8 Å². The number of carbonyl (C=O) groups excluding carboxylic acids is 2. The summed E-state index contributed by atoms with van der Waals surface area (Å²) in [6.45, 7) is 1.92. The van der Waals surface area contributed by atoms with Crippen molar-refractivity contribution in [2.75, 3.05) is 6.61 Å². The van der Waals surface area contributed by atoms with E-state index in [2.05, 4.69) is 4.98 Å². The zero-order valence-electron chi connectivity index (χ0n) is 14.2. The molecule has 1 N–H and O–H groups in total. The van der Waals surface area contributed by atoms with Crippen LogP contribution in [0.4, 0.5) is 0 Å². The molecule has 0 aliphatic heterocycles. The van der Waals surface area contributed by atoms with Crippen LogP contribution in [0, 0.1) is 0 Å². The highest BCUT2D eigenvalue weighted by atomic mass is 35.5. The molecule has 6 heteroatoms. The van der Waals surface area contributed by atoms with Gasteiger partial charge in [-0.1, -0.05) is 48.0 Å². The summed E-state index contributed by atoms with van der Waals surface area (Å²) in [6.07, 6.45) is 1.43. The lowest BCUT2D eigenvalue weighted by Crippen LogP contribution is -2.13. The number of aliphatic hydroxyl groups excluding tert-OH is 1. The van der Waals surface area contributed by atoms with E-state index in [0.717, 1.165) is 0 Å². The largest absolute Gasteiger partial charge is 0.462 e. The second-order valence-corrected chi connectivity index (χ2v) is 6.23. The Morgan fingerprint density at radius 3 is 2.69 bits per heavy atom. The van der Waals surface area contributed by atoms with Gasteiger partial charge >= 0.3 is 5.97 Å². The Hall–Kier alpha value is -2.50. The van der Waals surface area contributed by atoms with Crippen LogP contribution >= 0.6 is 11.6 Å². The van der Waals surface area contributed by atoms with Crippen LogP contribution in [0.2, 0.25) is 5.15 Å². The van der Waals surface area contributed by atoms with Crippen molar-refractivity contribution in [1.82, 2.24) is 4.98 Å². The number of ether oxygens (including phenoxy) is 1. The molecule has 1 aromatic heterocycles. The summed E-state index contributed by atoms with van der Waals surface area (Å²) in [6, 6.07) is 10.6. The fourth-order valence-electron chi connectivity index (χ4n) is 2.93. The Labute approximate surface area is 156 Å². The smallest absolute Gasteiger partial charge is 0.340 e. The van der Waals surface area contributed by atoms with Crippen LogP contribution in [0.25, 0.3) is 11.3 Å². The first-order valence-electron chi connectivity index (χ1n) is 8.37. The molecular weight excluding hydrogens is 354 g/mol. The van der Waals surface area contributed by atoms with Crippen LogP contribution in [-0.4, -0.2) is 28.4 Å². The van der Waals surface area contributed by atoms with Crippen molar-refractivity contribution < 1.29 is 19.4 Å². The second kappa shape index (κ2) is 7.81. The molecule has 1 aliphatic rings. The van der Waals surface area contributed by atoms with Gasteiger partial charge in [0.15, 0.2) is 5.78 Å². The maximum Gasteiger partial charge on any atom is 0.340 e. The number of allylic oxidation sites excluding steroid dienone is 1. The number of carbonyl (C=O) groups is 2. The van der Waals surface area contributed by atoms with E-state index >= 15 is 0 Å². The van der Waals surface area contributed by atoms with Gasteiger partial charge < -0.3 is 9.84 Å². The molecule has 0 bridgehead atoms. The van der Waals surface area contributed by atoms with Gasteiger partial charge in [0, 0.05) is 23.1 Å². The summed E-state index contributed by atoms with van der Waals surface area (Å²) in [5, 5.41) is 10.6. The SMILES string of the molecule is CCOC(=O)c1cc(C(O)C2=CCCC2=O)c(Cl)nc1-c1ccccc1. The molecule has 0 fully saturated rings. The van der Waals surface area contributed by atoms with E-state index in [1.54, 1.807) is 25.1 Å². The second-order valence-electron chi connectivity index (χ2n) is 5.87. The first kappa shape index (κ1) is 18.3. The molecule has 1 heterocycles. The molecule has 26 heavy (non-hydrogen) atoms. The number of nitrogens with zero attached hydrogens (tertiary/aromatic N) is 1. The van der Waals surface area contributed by atoms with Crippen molar-refractivity contribution in [3.05, 3.63) is 64.3 Å². The topological polar surface area (TPSA) is 76.5 Å². The number of pyridine rings is 1. The number of benzene rings is 1. The first-order valence-corrected chi connectivity index (χ1v) is 8.75. The standard InChI is InChI=1S/C20H18ClNO4/c1-2-26-20(25)14-11-15(18(24)13-9-6-10-16(13)23)19(21)22-17(14)12-7-4-3-5-8-12/h3-5,7-9,11,18,24H,2,6,10H2,1H3.